The molecule has 1 aliphatic rings. The van der Waals surface area contributed by atoms with Crippen LogP contribution in [0.25, 0.3) is 99.4 Å². The van der Waals surface area contributed by atoms with Gasteiger partial charge >= 0.3 is 0 Å². The number of oxazole rings is 1. The quantitative estimate of drug-likeness (QED) is 0.221. The van der Waals surface area contributed by atoms with Crippen LogP contribution < -0.4 is 0 Å². The first-order chi connectivity index (χ1) is 20.8. The van der Waals surface area contributed by atoms with E-state index in [9.17, 15) is 0 Å². The molecular formula is C39H21NO2. The third-order valence-electron chi connectivity index (χ3n) is 8.85. The lowest BCUT2D eigenvalue weighted by molar-refractivity contribution is 0.623. The molecule has 0 saturated heterocycles. The predicted octanol–water partition coefficient (Wildman–Crippen LogP) is 11.0. The van der Waals surface area contributed by atoms with Gasteiger partial charge in [0.25, 0.3) is 0 Å². The Morgan fingerprint density at radius 1 is 0.429 bits per heavy atom. The molecule has 42 heavy (non-hydrogen) atoms. The van der Waals surface area contributed by atoms with Crippen LogP contribution in [0.3, 0.4) is 0 Å². The van der Waals surface area contributed by atoms with Gasteiger partial charge in [-0.05, 0) is 85.9 Å². The van der Waals surface area contributed by atoms with Crippen LogP contribution in [0.1, 0.15) is 0 Å². The average molecular weight is 536 g/mol. The molecular weight excluding hydrogens is 514 g/mol. The van der Waals surface area contributed by atoms with Crippen LogP contribution in [0.4, 0.5) is 0 Å². The number of hydrogen-bond donors (Lipinski definition) is 0. The fourth-order valence-corrected chi connectivity index (χ4v) is 6.90. The molecule has 0 fully saturated rings. The van der Waals surface area contributed by atoms with Gasteiger partial charge in [-0.25, -0.2) is 4.98 Å². The van der Waals surface area contributed by atoms with Crippen molar-refractivity contribution in [2.45, 2.75) is 0 Å². The number of benzene rings is 7. The monoisotopic (exact) mass is 535 g/mol. The average Bonchev–Trinajstić information content (AvgIpc) is 3.74. The molecule has 0 unspecified atom stereocenters. The summed E-state index contributed by atoms with van der Waals surface area (Å²) in [6, 6.07) is 44.9. The molecule has 0 spiro atoms. The molecule has 9 aromatic rings. The van der Waals surface area contributed by atoms with Gasteiger partial charge in [0.05, 0.1) is 0 Å². The Labute approximate surface area is 240 Å². The Kier molecular flexibility index (Phi) is 4.18. The maximum Gasteiger partial charge on any atom is 0.227 e. The number of rotatable bonds is 2. The zero-order valence-corrected chi connectivity index (χ0v) is 22.4. The second-order valence-corrected chi connectivity index (χ2v) is 11.1. The summed E-state index contributed by atoms with van der Waals surface area (Å²) < 4.78 is 12.7. The van der Waals surface area contributed by atoms with E-state index in [0.29, 0.717) is 5.89 Å². The summed E-state index contributed by atoms with van der Waals surface area (Å²) in [5, 5.41) is 7.10. The number of fused-ring (bicyclic) bond motifs is 10. The highest BCUT2D eigenvalue weighted by molar-refractivity contribution is 6.28. The zero-order valence-electron chi connectivity index (χ0n) is 22.4. The molecule has 0 N–H and O–H groups in total. The van der Waals surface area contributed by atoms with Crippen molar-refractivity contribution in [3.63, 3.8) is 0 Å². The summed E-state index contributed by atoms with van der Waals surface area (Å²) in [7, 11) is 0. The normalized spacial score (nSPS) is 12.3. The largest absolute Gasteiger partial charge is 0.456 e. The van der Waals surface area contributed by atoms with Gasteiger partial charge in [0, 0.05) is 21.7 Å². The molecule has 3 nitrogen and oxygen atoms in total. The Hall–Kier alpha value is -5.67. The molecule has 0 radical (unpaired) electrons. The molecule has 1 aliphatic carbocycles. The second kappa shape index (κ2) is 7.96. The lowest BCUT2D eigenvalue weighted by Crippen LogP contribution is -1.81. The zero-order chi connectivity index (χ0) is 27.4. The molecule has 10 rings (SSSR count). The Bertz CT molecular complexity index is 2570. The van der Waals surface area contributed by atoms with Crippen molar-refractivity contribution in [2.24, 2.45) is 0 Å². The van der Waals surface area contributed by atoms with Crippen LogP contribution >= 0.6 is 0 Å². The van der Waals surface area contributed by atoms with Crippen molar-refractivity contribution in [3.05, 3.63) is 127 Å². The van der Waals surface area contributed by atoms with Gasteiger partial charge in [-0.15, -0.1) is 0 Å². The van der Waals surface area contributed by atoms with E-state index in [1.54, 1.807) is 0 Å². The van der Waals surface area contributed by atoms with Gasteiger partial charge in [-0.2, -0.15) is 0 Å². The first-order valence-electron chi connectivity index (χ1n) is 14.2. The highest BCUT2D eigenvalue weighted by Gasteiger charge is 2.24. The summed E-state index contributed by atoms with van der Waals surface area (Å²) in [5.74, 6) is 0.633. The maximum atomic E-state index is 6.45. The van der Waals surface area contributed by atoms with Crippen molar-refractivity contribution < 1.29 is 8.83 Å². The van der Waals surface area contributed by atoms with Crippen molar-refractivity contribution in [3.8, 4) is 44.8 Å². The molecule has 7 aromatic carbocycles. The van der Waals surface area contributed by atoms with Crippen LogP contribution in [0.5, 0.6) is 0 Å². The molecule has 194 valence electrons. The summed E-state index contributed by atoms with van der Waals surface area (Å²) in [4.78, 5) is 4.79. The predicted molar refractivity (Wildman–Crippen MR) is 172 cm³/mol. The van der Waals surface area contributed by atoms with E-state index in [1.807, 2.05) is 18.2 Å². The van der Waals surface area contributed by atoms with E-state index in [1.165, 1.54) is 38.4 Å². The number of nitrogens with zero attached hydrogens (tertiary/aromatic N) is 1. The van der Waals surface area contributed by atoms with E-state index in [2.05, 4.69) is 109 Å². The van der Waals surface area contributed by atoms with Crippen LogP contribution in [0.15, 0.2) is 136 Å². The smallest absolute Gasteiger partial charge is 0.227 e. The highest BCUT2D eigenvalue weighted by atomic mass is 16.3. The minimum Gasteiger partial charge on any atom is -0.456 e. The Balaban J connectivity index is 1.10. The fraction of sp³-hybridized carbons (Fsp3) is 0. The Morgan fingerprint density at radius 2 is 1.17 bits per heavy atom. The van der Waals surface area contributed by atoms with Crippen molar-refractivity contribution in [2.75, 3.05) is 0 Å². The first kappa shape index (κ1) is 22.1. The minimum atomic E-state index is 0.633. The van der Waals surface area contributed by atoms with Gasteiger partial charge in [-0.1, -0.05) is 91.0 Å². The van der Waals surface area contributed by atoms with Crippen LogP contribution in [-0.4, -0.2) is 4.98 Å². The third kappa shape index (κ3) is 2.92. The van der Waals surface area contributed by atoms with Crippen molar-refractivity contribution in [1.29, 1.82) is 0 Å². The van der Waals surface area contributed by atoms with E-state index in [0.717, 1.165) is 55.1 Å². The molecule has 0 aliphatic heterocycles. The van der Waals surface area contributed by atoms with Crippen LogP contribution in [-0.2, 0) is 0 Å². The molecule has 3 heteroatoms. The van der Waals surface area contributed by atoms with E-state index in [-0.39, 0.29) is 0 Å². The van der Waals surface area contributed by atoms with Gasteiger partial charge < -0.3 is 8.83 Å². The molecule has 0 bridgehead atoms. The maximum absolute atomic E-state index is 6.45. The van der Waals surface area contributed by atoms with E-state index < -0.39 is 0 Å². The number of aromatic nitrogens is 1. The van der Waals surface area contributed by atoms with Gasteiger partial charge in [-0.3, -0.25) is 0 Å². The summed E-state index contributed by atoms with van der Waals surface area (Å²) in [5.41, 5.74) is 11.9. The molecule has 2 heterocycles. The first-order valence-corrected chi connectivity index (χ1v) is 14.2. The van der Waals surface area contributed by atoms with Crippen molar-refractivity contribution >= 4 is 54.6 Å². The van der Waals surface area contributed by atoms with Gasteiger partial charge in [0.1, 0.15) is 16.7 Å². The SMILES string of the molecule is c1ccc2c(c1)-c1cccc3c1c-2cc1oc2ccc(-c4ccc(-c5nc6ccc7ccccc7c6o5)cc4)cc2c13. The van der Waals surface area contributed by atoms with E-state index in [4.69, 9.17) is 13.8 Å². The van der Waals surface area contributed by atoms with Crippen LogP contribution in [0, 0.1) is 0 Å². The standard InChI is InChI=1S/C39H21NO2/c1-2-7-26-23(6-1)16-18-33-38(26)42-39(40-33)24-14-12-22(13-15-24)25-17-19-34-32(20-25)37-30-11-5-10-29-27-8-3-4-9-28(27)31(36(29)30)21-35(37)41-34/h1-21H. The second-order valence-electron chi connectivity index (χ2n) is 11.1. The molecule has 0 atom stereocenters. The lowest BCUT2D eigenvalue weighted by Gasteiger charge is -2.05. The van der Waals surface area contributed by atoms with Crippen LogP contribution in [0.2, 0.25) is 0 Å². The van der Waals surface area contributed by atoms with Crippen molar-refractivity contribution in [1.82, 2.24) is 4.98 Å². The third-order valence-corrected chi connectivity index (χ3v) is 8.85. The molecule has 2 aromatic heterocycles. The number of furan rings is 1. The summed E-state index contributed by atoms with van der Waals surface area (Å²) in [6.45, 7) is 0. The fourth-order valence-electron chi connectivity index (χ4n) is 6.90. The molecule has 0 saturated carbocycles. The number of hydrogen-bond acceptors (Lipinski definition) is 3. The molecule has 0 amide bonds. The Morgan fingerprint density at radius 3 is 2.07 bits per heavy atom. The van der Waals surface area contributed by atoms with E-state index >= 15 is 0 Å². The lowest BCUT2D eigenvalue weighted by atomic mass is 9.96. The van der Waals surface area contributed by atoms with Gasteiger partial charge in [0.15, 0.2) is 5.58 Å². The minimum absolute atomic E-state index is 0.633. The summed E-state index contributed by atoms with van der Waals surface area (Å²) >= 11 is 0. The summed E-state index contributed by atoms with van der Waals surface area (Å²) in [6.07, 6.45) is 0. The highest BCUT2D eigenvalue weighted by Crippen LogP contribution is 2.50. The topological polar surface area (TPSA) is 39.2 Å². The van der Waals surface area contributed by atoms with Gasteiger partial charge in [0.2, 0.25) is 5.89 Å².